The molecule has 23 heavy (non-hydrogen) atoms. The molecule has 1 aliphatic heterocycles. The molecule has 0 saturated carbocycles. The molecule has 0 radical (unpaired) electrons. The Morgan fingerprint density at radius 1 is 1.22 bits per heavy atom. The van der Waals surface area contributed by atoms with Crippen LogP contribution in [0.2, 0.25) is 0 Å². The van der Waals surface area contributed by atoms with Crippen LogP contribution in [0.4, 0.5) is 5.69 Å². The number of hydrogen-bond donors (Lipinski definition) is 2. The van der Waals surface area contributed by atoms with E-state index in [9.17, 15) is 5.11 Å². The zero-order valence-corrected chi connectivity index (χ0v) is 12.4. The fraction of sp³-hybridized carbons (Fsp3) is 0.167. The maximum Gasteiger partial charge on any atom is 0.229 e. The quantitative estimate of drug-likeness (QED) is 0.887. The minimum Gasteiger partial charge on any atom is -0.506 e. The number of ether oxygens (including phenoxy) is 2. The maximum atomic E-state index is 9.83. The minimum absolute atomic E-state index is 0.0477. The Bertz CT molecular complexity index is 751. The molecule has 0 spiro atoms. The zero-order valence-electron chi connectivity index (χ0n) is 12.4. The van der Waals surface area contributed by atoms with Crippen molar-refractivity contribution in [1.82, 2.24) is 0 Å². The van der Waals surface area contributed by atoms with Gasteiger partial charge < -0.3 is 19.9 Å². The summed E-state index contributed by atoms with van der Waals surface area (Å²) in [5.74, 6) is 0.659. The van der Waals surface area contributed by atoms with Crippen LogP contribution in [0.3, 0.4) is 0 Å². The summed E-state index contributed by atoms with van der Waals surface area (Å²) in [6.45, 7) is 0.209. The van der Waals surface area contributed by atoms with Crippen molar-refractivity contribution >= 4 is 5.69 Å². The van der Waals surface area contributed by atoms with Gasteiger partial charge >= 0.3 is 0 Å². The lowest BCUT2D eigenvalue weighted by Crippen LogP contribution is -2.25. The SMILES string of the molecule is N#Cc1ccc(NC(Cc2ccccc2)C2=COCO2)cc1O. The number of hydrogen-bond acceptors (Lipinski definition) is 5. The average Bonchev–Trinajstić information content (AvgIpc) is 3.10. The summed E-state index contributed by atoms with van der Waals surface area (Å²) in [4.78, 5) is 0. The van der Waals surface area contributed by atoms with E-state index in [0.717, 1.165) is 5.56 Å². The van der Waals surface area contributed by atoms with Crippen LogP contribution >= 0.6 is 0 Å². The van der Waals surface area contributed by atoms with E-state index in [1.165, 1.54) is 6.07 Å². The lowest BCUT2D eigenvalue weighted by atomic mass is 10.0. The number of benzene rings is 2. The van der Waals surface area contributed by atoms with Crippen molar-refractivity contribution in [3.63, 3.8) is 0 Å². The lowest BCUT2D eigenvalue weighted by Gasteiger charge is -2.20. The maximum absolute atomic E-state index is 9.83. The van der Waals surface area contributed by atoms with Crippen LogP contribution in [0.25, 0.3) is 0 Å². The molecule has 0 saturated heterocycles. The number of anilines is 1. The Morgan fingerprint density at radius 3 is 2.70 bits per heavy atom. The molecule has 1 aliphatic rings. The molecule has 2 N–H and O–H groups in total. The Hall–Kier alpha value is -3.13. The smallest absolute Gasteiger partial charge is 0.229 e. The Kier molecular flexibility index (Phi) is 4.34. The topological polar surface area (TPSA) is 74.5 Å². The highest BCUT2D eigenvalue weighted by molar-refractivity contribution is 5.56. The summed E-state index contributed by atoms with van der Waals surface area (Å²) >= 11 is 0. The predicted octanol–water partition coefficient (Wildman–Crippen LogP) is 3.13. The molecule has 2 aromatic carbocycles. The van der Waals surface area contributed by atoms with E-state index in [0.29, 0.717) is 17.9 Å². The van der Waals surface area contributed by atoms with Crippen molar-refractivity contribution in [2.24, 2.45) is 0 Å². The molecular formula is C18H16N2O3. The van der Waals surface area contributed by atoms with Crippen molar-refractivity contribution in [2.45, 2.75) is 12.5 Å². The number of nitrogens with one attached hydrogen (secondary N) is 1. The summed E-state index contributed by atoms with van der Waals surface area (Å²) in [6, 6.07) is 16.7. The highest BCUT2D eigenvalue weighted by Gasteiger charge is 2.21. The van der Waals surface area contributed by atoms with Gasteiger partial charge in [-0.3, -0.25) is 0 Å². The van der Waals surface area contributed by atoms with Crippen LogP contribution < -0.4 is 5.32 Å². The minimum atomic E-state index is -0.132. The van der Waals surface area contributed by atoms with Gasteiger partial charge in [-0.15, -0.1) is 0 Å². The molecule has 5 heteroatoms. The van der Waals surface area contributed by atoms with Gasteiger partial charge in [0.05, 0.1) is 11.6 Å². The lowest BCUT2D eigenvalue weighted by molar-refractivity contribution is 0.0764. The summed E-state index contributed by atoms with van der Waals surface area (Å²) < 4.78 is 10.7. The largest absolute Gasteiger partial charge is 0.506 e. The van der Waals surface area contributed by atoms with Gasteiger partial charge in [0.25, 0.3) is 0 Å². The first-order valence-electron chi connectivity index (χ1n) is 7.24. The van der Waals surface area contributed by atoms with Crippen LogP contribution in [0.5, 0.6) is 5.75 Å². The first-order valence-corrected chi connectivity index (χ1v) is 7.24. The molecule has 3 rings (SSSR count). The second-order valence-electron chi connectivity index (χ2n) is 5.18. The van der Waals surface area contributed by atoms with E-state index in [1.54, 1.807) is 18.4 Å². The third-order valence-corrected chi connectivity index (χ3v) is 3.58. The monoisotopic (exact) mass is 308 g/mol. The molecule has 0 fully saturated rings. The van der Waals surface area contributed by atoms with E-state index in [-0.39, 0.29) is 24.1 Å². The van der Waals surface area contributed by atoms with E-state index in [4.69, 9.17) is 14.7 Å². The van der Waals surface area contributed by atoms with Crippen molar-refractivity contribution in [3.8, 4) is 11.8 Å². The van der Waals surface area contributed by atoms with E-state index >= 15 is 0 Å². The number of nitriles is 1. The van der Waals surface area contributed by atoms with Crippen LogP contribution in [0, 0.1) is 11.3 Å². The van der Waals surface area contributed by atoms with Crippen molar-refractivity contribution in [2.75, 3.05) is 12.1 Å². The average molecular weight is 308 g/mol. The summed E-state index contributed by atoms with van der Waals surface area (Å²) in [5, 5.41) is 22.0. The highest BCUT2D eigenvalue weighted by Crippen LogP contribution is 2.25. The van der Waals surface area contributed by atoms with Crippen LogP contribution in [-0.4, -0.2) is 17.9 Å². The molecule has 2 aromatic rings. The second kappa shape index (κ2) is 6.75. The van der Waals surface area contributed by atoms with Gasteiger partial charge in [0.2, 0.25) is 6.79 Å². The first kappa shape index (κ1) is 14.8. The van der Waals surface area contributed by atoms with E-state index < -0.39 is 0 Å². The Balaban J connectivity index is 1.81. The molecule has 1 atom stereocenters. The summed E-state index contributed by atoms with van der Waals surface area (Å²) in [6.07, 6.45) is 2.31. The van der Waals surface area contributed by atoms with Crippen molar-refractivity contribution < 1.29 is 14.6 Å². The fourth-order valence-corrected chi connectivity index (χ4v) is 2.42. The van der Waals surface area contributed by atoms with E-state index in [1.807, 2.05) is 36.4 Å². The Labute approximate surface area is 134 Å². The second-order valence-corrected chi connectivity index (χ2v) is 5.18. The standard InChI is InChI=1S/C18H16N2O3/c19-10-14-6-7-15(9-17(14)21)20-16(18-11-22-12-23-18)8-13-4-2-1-3-5-13/h1-7,9,11,16,20-21H,8,12H2. The van der Waals surface area contributed by atoms with Crippen LogP contribution in [0.15, 0.2) is 60.6 Å². The predicted molar refractivity (Wildman–Crippen MR) is 85.5 cm³/mol. The summed E-state index contributed by atoms with van der Waals surface area (Å²) in [7, 11) is 0. The third kappa shape index (κ3) is 3.55. The highest BCUT2D eigenvalue weighted by atomic mass is 16.7. The molecule has 5 nitrogen and oxygen atoms in total. The van der Waals surface area contributed by atoms with Gasteiger partial charge in [-0.05, 0) is 24.1 Å². The number of aromatic hydroxyl groups is 1. The molecule has 116 valence electrons. The molecule has 0 aliphatic carbocycles. The van der Waals surface area contributed by atoms with Gasteiger partial charge in [0, 0.05) is 11.8 Å². The number of phenolic OH excluding ortho intramolecular Hbond substituents is 1. The van der Waals surface area contributed by atoms with Crippen molar-refractivity contribution in [1.29, 1.82) is 5.26 Å². The third-order valence-electron chi connectivity index (χ3n) is 3.58. The molecule has 1 unspecified atom stereocenters. The van der Waals surface area contributed by atoms with Crippen molar-refractivity contribution in [3.05, 3.63) is 71.7 Å². The molecule has 1 heterocycles. The van der Waals surface area contributed by atoms with Crippen LogP contribution in [-0.2, 0) is 15.9 Å². The summed E-state index contributed by atoms with van der Waals surface area (Å²) in [5.41, 5.74) is 2.10. The molecule has 0 bridgehead atoms. The number of nitrogens with zero attached hydrogens (tertiary/aromatic N) is 1. The van der Waals surface area contributed by atoms with Gasteiger partial charge in [-0.1, -0.05) is 30.3 Å². The zero-order chi connectivity index (χ0) is 16.1. The van der Waals surface area contributed by atoms with Gasteiger partial charge in [-0.25, -0.2) is 0 Å². The van der Waals surface area contributed by atoms with Gasteiger partial charge in [-0.2, -0.15) is 5.26 Å². The normalized spacial score (nSPS) is 14.1. The molecule has 0 aromatic heterocycles. The van der Waals surface area contributed by atoms with Gasteiger partial charge in [0.1, 0.15) is 18.1 Å². The Morgan fingerprint density at radius 2 is 2.04 bits per heavy atom. The molecule has 0 amide bonds. The van der Waals surface area contributed by atoms with Gasteiger partial charge in [0.15, 0.2) is 5.76 Å². The fourth-order valence-electron chi connectivity index (χ4n) is 2.42. The first-order chi connectivity index (χ1) is 11.3. The van der Waals surface area contributed by atoms with Crippen LogP contribution in [0.1, 0.15) is 11.1 Å². The molecular weight excluding hydrogens is 292 g/mol. The number of phenols is 1. The van der Waals surface area contributed by atoms with E-state index in [2.05, 4.69) is 5.32 Å². The number of rotatable bonds is 5.